The van der Waals surface area contributed by atoms with Gasteiger partial charge in [-0.25, -0.2) is 4.79 Å². The molecule has 1 heterocycles. The monoisotopic (exact) mass is 562 g/mol. The van der Waals surface area contributed by atoms with Crippen LogP contribution in [-0.4, -0.2) is 59.7 Å². The average molecular weight is 563 g/mol. The highest BCUT2D eigenvalue weighted by molar-refractivity contribution is 6.01. The van der Waals surface area contributed by atoms with Crippen molar-refractivity contribution in [2.24, 2.45) is 11.8 Å². The van der Waals surface area contributed by atoms with E-state index in [2.05, 4.69) is 17.6 Å². The van der Waals surface area contributed by atoms with E-state index in [4.69, 9.17) is 14.2 Å². The van der Waals surface area contributed by atoms with Crippen molar-refractivity contribution in [3.63, 3.8) is 0 Å². The number of carbonyl (C=O) groups is 5. The number of phenolic OH excluding ortho intramolecular Hbond substituents is 1. The molecular formula is C29H42N2O9. The highest BCUT2D eigenvalue weighted by Crippen LogP contribution is 2.29. The van der Waals surface area contributed by atoms with Crippen LogP contribution in [0.15, 0.2) is 18.2 Å². The first-order valence-corrected chi connectivity index (χ1v) is 13.9. The topological polar surface area (TPSA) is 157 Å². The van der Waals surface area contributed by atoms with E-state index in [1.165, 1.54) is 25.1 Å². The molecule has 1 aliphatic heterocycles. The number of carbonyl (C=O) groups excluding carboxylic acids is 5. The smallest absolute Gasteiger partial charge is 0.332 e. The van der Waals surface area contributed by atoms with Gasteiger partial charge in [0.15, 0.2) is 17.9 Å². The van der Waals surface area contributed by atoms with Crippen LogP contribution in [0.25, 0.3) is 0 Å². The van der Waals surface area contributed by atoms with Crippen LogP contribution in [0, 0.1) is 11.8 Å². The van der Waals surface area contributed by atoms with Crippen molar-refractivity contribution >= 4 is 35.9 Å². The molecule has 0 saturated carbocycles. The van der Waals surface area contributed by atoms with Gasteiger partial charge in [0.2, 0.25) is 6.41 Å². The minimum Gasteiger partial charge on any atom is -0.505 e. The summed E-state index contributed by atoms with van der Waals surface area (Å²) >= 11 is 0. The first kappa shape index (κ1) is 32.6. The molecule has 11 heteroatoms. The van der Waals surface area contributed by atoms with E-state index in [1.54, 1.807) is 6.92 Å². The minimum absolute atomic E-state index is 0.000769. The highest BCUT2D eigenvalue weighted by Gasteiger charge is 2.43. The summed E-state index contributed by atoms with van der Waals surface area (Å²) in [4.78, 5) is 63.1. The molecule has 0 aliphatic carbocycles. The molecule has 0 aromatic heterocycles. The van der Waals surface area contributed by atoms with E-state index in [9.17, 15) is 29.1 Å². The lowest BCUT2D eigenvalue weighted by molar-refractivity contribution is -0.175. The summed E-state index contributed by atoms with van der Waals surface area (Å²) in [5, 5.41) is 15.2. The van der Waals surface area contributed by atoms with Crippen LogP contribution in [-0.2, 0) is 33.4 Å². The van der Waals surface area contributed by atoms with Gasteiger partial charge in [0.1, 0.15) is 12.2 Å². The fourth-order valence-corrected chi connectivity index (χ4v) is 4.49. The van der Waals surface area contributed by atoms with Gasteiger partial charge in [-0.15, -0.1) is 0 Å². The zero-order valence-electron chi connectivity index (χ0n) is 23.9. The Morgan fingerprint density at radius 2 is 1.77 bits per heavy atom. The molecule has 1 aromatic carbocycles. The van der Waals surface area contributed by atoms with E-state index < -0.39 is 59.8 Å². The van der Waals surface area contributed by atoms with Crippen LogP contribution in [0.2, 0.25) is 0 Å². The van der Waals surface area contributed by atoms with Crippen molar-refractivity contribution < 1.29 is 43.3 Å². The number of nitrogens with one attached hydrogen (secondary N) is 2. The number of para-hydroxylation sites is 1. The number of phenols is 1. The summed E-state index contributed by atoms with van der Waals surface area (Å²) in [6, 6.07) is 2.72. The zero-order valence-corrected chi connectivity index (χ0v) is 23.9. The molecule has 2 amide bonds. The number of benzene rings is 1. The Bertz CT molecular complexity index is 1040. The number of unbranched alkanes of at least 4 members (excludes halogenated alkanes) is 3. The van der Waals surface area contributed by atoms with Gasteiger partial charge in [0, 0.05) is 6.42 Å². The van der Waals surface area contributed by atoms with Crippen LogP contribution in [0.3, 0.4) is 0 Å². The van der Waals surface area contributed by atoms with Crippen LogP contribution < -0.4 is 10.6 Å². The second-order valence-electron chi connectivity index (χ2n) is 10.5. The van der Waals surface area contributed by atoms with Crippen molar-refractivity contribution in [2.75, 3.05) is 5.32 Å². The molecular weight excluding hydrogens is 520 g/mol. The fraction of sp³-hybridized carbons (Fsp3) is 0.621. The number of hydrogen-bond donors (Lipinski definition) is 3. The summed E-state index contributed by atoms with van der Waals surface area (Å²) in [5.74, 6) is -3.98. The predicted molar refractivity (Wildman–Crippen MR) is 146 cm³/mol. The van der Waals surface area contributed by atoms with Crippen molar-refractivity contribution in [1.29, 1.82) is 0 Å². The predicted octanol–water partition coefficient (Wildman–Crippen LogP) is 3.87. The first-order chi connectivity index (χ1) is 19.0. The molecule has 0 spiro atoms. The standard InChI is InChI=1S/C29H42N2O9/c1-6-7-8-9-11-21-26(40-23(33)15-14-17(2)3)19(5)39-29(37)24(18(4)38-28(21)36)31-27(35)20-12-10-13-22(25(20)34)30-16-32/h10,12-13,16-19,21,24,26,34H,6-9,11,14-15H2,1-5H3,(H,30,32)(H,31,35). The maximum atomic E-state index is 13.4. The third kappa shape index (κ3) is 9.24. The summed E-state index contributed by atoms with van der Waals surface area (Å²) < 4.78 is 17.0. The molecule has 3 N–H and O–H groups in total. The molecule has 2 rings (SSSR count). The molecule has 222 valence electrons. The van der Waals surface area contributed by atoms with E-state index >= 15 is 0 Å². The van der Waals surface area contributed by atoms with Crippen molar-refractivity contribution in [1.82, 2.24) is 5.32 Å². The van der Waals surface area contributed by atoms with Crippen LogP contribution in [0.5, 0.6) is 5.75 Å². The summed E-state index contributed by atoms with van der Waals surface area (Å²) in [7, 11) is 0. The van der Waals surface area contributed by atoms with Crippen LogP contribution in [0.4, 0.5) is 5.69 Å². The third-order valence-electron chi connectivity index (χ3n) is 6.83. The Kier molecular flexibility index (Phi) is 12.9. The molecule has 5 unspecified atom stereocenters. The molecule has 11 nitrogen and oxygen atoms in total. The first-order valence-electron chi connectivity index (χ1n) is 13.9. The van der Waals surface area contributed by atoms with Gasteiger partial charge in [0.25, 0.3) is 5.91 Å². The SMILES string of the molecule is CCCCCCC1C(=O)OC(C)C(NC(=O)c2cccc(NC=O)c2O)C(=O)OC(C)C1OC(=O)CCC(C)C. The maximum absolute atomic E-state index is 13.4. The normalized spacial score (nSPS) is 23.2. The van der Waals surface area contributed by atoms with E-state index in [0.717, 1.165) is 19.3 Å². The largest absolute Gasteiger partial charge is 0.505 e. The number of aromatic hydroxyl groups is 1. The summed E-state index contributed by atoms with van der Waals surface area (Å²) in [6.45, 7) is 9.02. The molecule has 0 bridgehead atoms. The van der Waals surface area contributed by atoms with Gasteiger partial charge < -0.3 is 30.0 Å². The quantitative estimate of drug-likeness (QED) is 0.107. The maximum Gasteiger partial charge on any atom is 0.332 e. The number of cyclic esters (lactones) is 2. The Morgan fingerprint density at radius 3 is 2.42 bits per heavy atom. The number of amides is 2. The van der Waals surface area contributed by atoms with Gasteiger partial charge in [0.05, 0.1) is 17.2 Å². The minimum atomic E-state index is -1.42. The number of esters is 3. The average Bonchev–Trinajstić information content (AvgIpc) is 2.92. The lowest BCUT2D eigenvalue weighted by atomic mass is 9.92. The molecule has 0 radical (unpaired) electrons. The number of ether oxygens (including phenoxy) is 3. The van der Waals surface area contributed by atoms with E-state index in [1.807, 2.05) is 13.8 Å². The van der Waals surface area contributed by atoms with E-state index in [0.29, 0.717) is 25.7 Å². The lowest BCUT2D eigenvalue weighted by Crippen LogP contribution is -2.50. The molecule has 5 atom stereocenters. The lowest BCUT2D eigenvalue weighted by Gasteiger charge is -2.29. The highest BCUT2D eigenvalue weighted by atomic mass is 16.6. The van der Waals surface area contributed by atoms with Crippen molar-refractivity contribution in [3.05, 3.63) is 23.8 Å². The molecule has 1 fully saturated rings. The van der Waals surface area contributed by atoms with Gasteiger partial charge in [-0.05, 0) is 44.7 Å². The van der Waals surface area contributed by atoms with Gasteiger partial charge in [-0.1, -0.05) is 52.5 Å². The summed E-state index contributed by atoms with van der Waals surface area (Å²) in [5.41, 5.74) is -0.210. The van der Waals surface area contributed by atoms with Gasteiger partial charge in [-0.3, -0.25) is 19.2 Å². The van der Waals surface area contributed by atoms with Crippen molar-refractivity contribution in [3.8, 4) is 5.75 Å². The van der Waals surface area contributed by atoms with Gasteiger partial charge in [-0.2, -0.15) is 0 Å². The molecule has 1 aliphatic rings. The van der Waals surface area contributed by atoms with Gasteiger partial charge >= 0.3 is 17.9 Å². The number of anilines is 1. The zero-order chi connectivity index (χ0) is 29.8. The Labute approximate surface area is 235 Å². The second kappa shape index (κ2) is 15.8. The van der Waals surface area contributed by atoms with E-state index in [-0.39, 0.29) is 23.6 Å². The Balaban J connectivity index is 2.32. The van der Waals surface area contributed by atoms with Crippen LogP contribution >= 0.6 is 0 Å². The molecule has 40 heavy (non-hydrogen) atoms. The molecule has 1 saturated heterocycles. The Morgan fingerprint density at radius 1 is 1.07 bits per heavy atom. The van der Waals surface area contributed by atoms with Crippen molar-refractivity contribution in [2.45, 2.75) is 104 Å². The third-order valence-corrected chi connectivity index (χ3v) is 6.83. The summed E-state index contributed by atoms with van der Waals surface area (Å²) in [6.07, 6.45) is 1.82. The Hall–Kier alpha value is -3.63. The fourth-order valence-electron chi connectivity index (χ4n) is 4.49. The molecule has 1 aromatic rings. The van der Waals surface area contributed by atoms with Crippen LogP contribution in [0.1, 0.15) is 89.9 Å². The second-order valence-corrected chi connectivity index (χ2v) is 10.5. The number of rotatable bonds is 13. The number of hydrogen-bond acceptors (Lipinski definition) is 9.